The number of carbonyl (C=O) groups is 2. The Labute approximate surface area is 159 Å². The first kappa shape index (κ1) is 18.8. The zero-order chi connectivity index (χ0) is 19.4. The van der Waals surface area contributed by atoms with Crippen LogP contribution in [0.1, 0.15) is 30.5 Å². The fraction of sp³-hybridized carbons (Fsp3) is 0.333. The van der Waals surface area contributed by atoms with Crippen molar-refractivity contribution in [2.75, 3.05) is 25.2 Å². The fourth-order valence-corrected chi connectivity index (χ4v) is 3.27. The summed E-state index contributed by atoms with van der Waals surface area (Å²) in [6.07, 6.45) is 0.657. The molecular formula is C21H24N2O4. The molecule has 0 bridgehead atoms. The molecule has 1 aliphatic heterocycles. The molecule has 142 valence electrons. The van der Waals surface area contributed by atoms with Gasteiger partial charge in [0.1, 0.15) is 6.04 Å². The van der Waals surface area contributed by atoms with E-state index >= 15 is 0 Å². The van der Waals surface area contributed by atoms with Crippen LogP contribution in [0, 0.1) is 6.92 Å². The SMILES string of the molecule is COc1ccccc1OCCCN1C(=O)[C@@H](NC(C)=O)c2cc(C)ccc21. The summed E-state index contributed by atoms with van der Waals surface area (Å²) in [4.78, 5) is 26.1. The van der Waals surface area contributed by atoms with Gasteiger partial charge in [-0.25, -0.2) is 0 Å². The van der Waals surface area contributed by atoms with E-state index in [1.165, 1.54) is 6.92 Å². The van der Waals surface area contributed by atoms with E-state index in [4.69, 9.17) is 9.47 Å². The first-order valence-electron chi connectivity index (χ1n) is 8.96. The molecule has 2 amide bonds. The summed E-state index contributed by atoms with van der Waals surface area (Å²) < 4.78 is 11.1. The van der Waals surface area contributed by atoms with Gasteiger partial charge in [-0.3, -0.25) is 9.59 Å². The van der Waals surface area contributed by atoms with E-state index in [0.29, 0.717) is 31.1 Å². The van der Waals surface area contributed by atoms with Crippen molar-refractivity contribution in [3.63, 3.8) is 0 Å². The lowest BCUT2D eigenvalue weighted by Crippen LogP contribution is -2.37. The number of hydrogen-bond acceptors (Lipinski definition) is 4. The molecule has 0 spiro atoms. The molecule has 1 N–H and O–H groups in total. The van der Waals surface area contributed by atoms with Gasteiger partial charge in [-0.15, -0.1) is 0 Å². The second kappa shape index (κ2) is 8.12. The van der Waals surface area contributed by atoms with E-state index in [2.05, 4.69) is 5.32 Å². The summed E-state index contributed by atoms with van der Waals surface area (Å²) in [5, 5.41) is 2.76. The highest BCUT2D eigenvalue weighted by Gasteiger charge is 2.37. The number of fused-ring (bicyclic) bond motifs is 1. The van der Waals surface area contributed by atoms with Crippen LogP contribution in [-0.2, 0) is 9.59 Å². The number of hydrogen-bond donors (Lipinski definition) is 1. The van der Waals surface area contributed by atoms with Crippen LogP contribution in [0.3, 0.4) is 0 Å². The van der Waals surface area contributed by atoms with Gasteiger partial charge in [-0.1, -0.05) is 29.8 Å². The third-order valence-corrected chi connectivity index (χ3v) is 4.50. The number of nitrogens with one attached hydrogen (secondary N) is 1. The number of para-hydroxylation sites is 2. The van der Waals surface area contributed by atoms with Crippen LogP contribution >= 0.6 is 0 Å². The number of amides is 2. The lowest BCUT2D eigenvalue weighted by atomic mass is 10.1. The van der Waals surface area contributed by atoms with Crippen LogP contribution in [-0.4, -0.2) is 32.1 Å². The minimum Gasteiger partial charge on any atom is -0.493 e. The number of benzene rings is 2. The normalized spacial score (nSPS) is 15.4. The van der Waals surface area contributed by atoms with E-state index in [0.717, 1.165) is 16.8 Å². The minimum absolute atomic E-state index is 0.108. The largest absolute Gasteiger partial charge is 0.493 e. The van der Waals surface area contributed by atoms with Crippen molar-refractivity contribution in [3.05, 3.63) is 53.6 Å². The summed E-state index contributed by atoms with van der Waals surface area (Å²) in [7, 11) is 1.60. The fourth-order valence-electron chi connectivity index (χ4n) is 3.27. The first-order chi connectivity index (χ1) is 13.0. The van der Waals surface area contributed by atoms with Gasteiger partial charge in [-0.05, 0) is 31.5 Å². The Hall–Kier alpha value is -3.02. The number of carbonyl (C=O) groups excluding carboxylic acids is 2. The van der Waals surface area contributed by atoms with E-state index in [-0.39, 0.29) is 11.8 Å². The highest BCUT2D eigenvalue weighted by molar-refractivity contribution is 6.06. The smallest absolute Gasteiger partial charge is 0.254 e. The van der Waals surface area contributed by atoms with Gasteiger partial charge < -0.3 is 19.7 Å². The Bertz CT molecular complexity index is 850. The maximum atomic E-state index is 12.8. The van der Waals surface area contributed by atoms with E-state index in [9.17, 15) is 9.59 Å². The summed E-state index contributed by atoms with van der Waals surface area (Å²) in [6.45, 7) is 4.36. The average molecular weight is 368 g/mol. The molecule has 27 heavy (non-hydrogen) atoms. The van der Waals surface area contributed by atoms with Crippen LogP contribution in [0.2, 0.25) is 0 Å². The van der Waals surface area contributed by atoms with Crippen LogP contribution in [0.15, 0.2) is 42.5 Å². The Morgan fingerprint density at radius 2 is 1.93 bits per heavy atom. The maximum Gasteiger partial charge on any atom is 0.254 e. The molecule has 0 unspecified atom stereocenters. The predicted octanol–water partition coefficient (Wildman–Crippen LogP) is 3.00. The Morgan fingerprint density at radius 1 is 1.19 bits per heavy atom. The number of anilines is 1. The number of rotatable bonds is 7. The highest BCUT2D eigenvalue weighted by atomic mass is 16.5. The Balaban J connectivity index is 1.66. The molecule has 1 atom stereocenters. The molecule has 0 aliphatic carbocycles. The van der Waals surface area contributed by atoms with Gasteiger partial charge in [0.15, 0.2) is 11.5 Å². The Kier molecular flexibility index (Phi) is 5.64. The molecule has 0 aromatic heterocycles. The molecular weight excluding hydrogens is 344 g/mol. The highest BCUT2D eigenvalue weighted by Crippen LogP contribution is 2.36. The molecule has 6 heteroatoms. The number of aryl methyl sites for hydroxylation is 1. The van der Waals surface area contributed by atoms with Crippen LogP contribution in [0.4, 0.5) is 5.69 Å². The van der Waals surface area contributed by atoms with Gasteiger partial charge in [0, 0.05) is 24.7 Å². The van der Waals surface area contributed by atoms with Gasteiger partial charge in [0.05, 0.1) is 13.7 Å². The molecule has 0 saturated carbocycles. The molecule has 3 rings (SSSR count). The zero-order valence-corrected chi connectivity index (χ0v) is 15.8. The number of methoxy groups -OCH3 is 1. The van der Waals surface area contributed by atoms with Crippen molar-refractivity contribution in [1.82, 2.24) is 5.32 Å². The third kappa shape index (κ3) is 4.05. The zero-order valence-electron chi connectivity index (χ0n) is 15.8. The standard InChI is InChI=1S/C21H24N2O4/c1-14-9-10-17-16(13-14)20(22-15(2)24)21(25)23(17)11-6-12-27-19-8-5-4-7-18(19)26-3/h4-5,7-10,13,20H,6,11-12H2,1-3H3,(H,22,24)/t20-/m0/s1. The van der Waals surface area contributed by atoms with Crippen molar-refractivity contribution in [3.8, 4) is 11.5 Å². The molecule has 2 aromatic carbocycles. The summed E-state index contributed by atoms with van der Waals surface area (Å²) in [6, 6.07) is 12.7. The van der Waals surface area contributed by atoms with Crippen molar-refractivity contribution in [2.24, 2.45) is 0 Å². The summed E-state index contributed by atoms with van der Waals surface area (Å²) in [5.41, 5.74) is 2.75. The van der Waals surface area contributed by atoms with Gasteiger partial charge in [-0.2, -0.15) is 0 Å². The quantitative estimate of drug-likeness (QED) is 0.763. The number of ether oxygens (including phenoxy) is 2. The third-order valence-electron chi connectivity index (χ3n) is 4.50. The number of nitrogens with zero attached hydrogens (tertiary/aromatic N) is 1. The van der Waals surface area contributed by atoms with Gasteiger partial charge in [0.2, 0.25) is 5.91 Å². The first-order valence-corrected chi connectivity index (χ1v) is 8.96. The topological polar surface area (TPSA) is 67.9 Å². The monoisotopic (exact) mass is 368 g/mol. The average Bonchev–Trinajstić information content (AvgIpc) is 2.90. The maximum absolute atomic E-state index is 12.8. The molecule has 0 saturated heterocycles. The van der Waals surface area contributed by atoms with Crippen molar-refractivity contribution in [1.29, 1.82) is 0 Å². The lowest BCUT2D eigenvalue weighted by molar-refractivity contribution is -0.126. The van der Waals surface area contributed by atoms with E-state index < -0.39 is 6.04 Å². The minimum atomic E-state index is -0.618. The van der Waals surface area contributed by atoms with Gasteiger partial charge in [0.25, 0.3) is 5.91 Å². The van der Waals surface area contributed by atoms with Crippen molar-refractivity contribution in [2.45, 2.75) is 26.3 Å². The molecule has 1 heterocycles. The van der Waals surface area contributed by atoms with Crippen molar-refractivity contribution >= 4 is 17.5 Å². The molecule has 6 nitrogen and oxygen atoms in total. The molecule has 1 aliphatic rings. The Morgan fingerprint density at radius 3 is 2.63 bits per heavy atom. The lowest BCUT2D eigenvalue weighted by Gasteiger charge is -2.18. The van der Waals surface area contributed by atoms with Crippen molar-refractivity contribution < 1.29 is 19.1 Å². The van der Waals surface area contributed by atoms with E-state index in [1.807, 2.05) is 49.4 Å². The molecule has 0 radical (unpaired) electrons. The predicted molar refractivity (Wildman–Crippen MR) is 103 cm³/mol. The molecule has 2 aromatic rings. The van der Waals surface area contributed by atoms with Crippen LogP contribution < -0.4 is 19.7 Å². The summed E-state index contributed by atoms with van der Waals surface area (Å²) in [5.74, 6) is 1.03. The van der Waals surface area contributed by atoms with E-state index in [1.54, 1.807) is 12.0 Å². The van der Waals surface area contributed by atoms with Gasteiger partial charge >= 0.3 is 0 Å². The van der Waals surface area contributed by atoms with Crippen LogP contribution in [0.25, 0.3) is 0 Å². The second-order valence-electron chi connectivity index (χ2n) is 6.54. The molecule has 0 fully saturated rings. The summed E-state index contributed by atoms with van der Waals surface area (Å²) >= 11 is 0. The van der Waals surface area contributed by atoms with Crippen LogP contribution in [0.5, 0.6) is 11.5 Å². The second-order valence-corrected chi connectivity index (χ2v) is 6.54.